The second kappa shape index (κ2) is 8.65. The number of aromatic amines is 1. The van der Waals surface area contributed by atoms with E-state index in [1.165, 1.54) is 11.6 Å². The van der Waals surface area contributed by atoms with Crippen molar-refractivity contribution >= 4 is 10.9 Å². The molecule has 1 atom stereocenters. The van der Waals surface area contributed by atoms with Gasteiger partial charge >= 0.3 is 0 Å². The average molecular weight is 352 g/mol. The molecule has 4 N–H and O–H groups in total. The van der Waals surface area contributed by atoms with Crippen molar-refractivity contribution in [1.29, 1.82) is 0 Å². The molecule has 0 spiro atoms. The standard InChI is InChI=1S/C21H24N2O3/c24-14-18(22-13-5-4-8-15-6-2-1-3-7-15)16-9-11-19(25)21-17(16)10-12-20(26)23-21/h1-3,6-7,9-12,18,22,24-25H,4-5,8,13-14H2,(H,23,26). The molecule has 5 heteroatoms. The lowest BCUT2D eigenvalue weighted by atomic mass is 10.0. The number of H-pyrrole nitrogens is 1. The molecule has 0 radical (unpaired) electrons. The number of aromatic hydroxyl groups is 1. The van der Waals surface area contributed by atoms with Gasteiger partial charge in [0.2, 0.25) is 5.56 Å². The molecule has 0 fully saturated rings. The predicted molar refractivity (Wildman–Crippen MR) is 103 cm³/mol. The fourth-order valence-electron chi connectivity index (χ4n) is 3.21. The van der Waals surface area contributed by atoms with E-state index in [0.717, 1.165) is 36.8 Å². The van der Waals surface area contributed by atoms with Crippen LogP contribution in [-0.2, 0) is 6.42 Å². The number of phenols is 1. The first-order chi connectivity index (χ1) is 12.7. The van der Waals surface area contributed by atoms with Crippen LogP contribution in [0.3, 0.4) is 0 Å². The first-order valence-electron chi connectivity index (χ1n) is 8.92. The highest BCUT2D eigenvalue weighted by molar-refractivity contribution is 5.87. The van der Waals surface area contributed by atoms with Crippen molar-refractivity contribution in [3.63, 3.8) is 0 Å². The zero-order valence-electron chi connectivity index (χ0n) is 14.6. The summed E-state index contributed by atoms with van der Waals surface area (Å²) in [4.78, 5) is 14.2. The van der Waals surface area contributed by atoms with Crippen molar-refractivity contribution in [3.8, 4) is 5.75 Å². The Balaban J connectivity index is 1.63. The number of aromatic nitrogens is 1. The van der Waals surface area contributed by atoms with Crippen LogP contribution in [0.2, 0.25) is 0 Å². The van der Waals surface area contributed by atoms with Crippen LogP contribution in [0.5, 0.6) is 5.75 Å². The molecule has 0 amide bonds. The third-order valence-electron chi connectivity index (χ3n) is 4.59. The normalized spacial score (nSPS) is 12.3. The van der Waals surface area contributed by atoms with Gasteiger partial charge in [0, 0.05) is 11.5 Å². The van der Waals surface area contributed by atoms with E-state index in [-0.39, 0.29) is 24.0 Å². The molecular formula is C21H24N2O3. The van der Waals surface area contributed by atoms with Gasteiger partial charge in [0.15, 0.2) is 0 Å². The first kappa shape index (κ1) is 18.2. The number of phenolic OH excluding ortho intramolecular Hbond substituents is 1. The van der Waals surface area contributed by atoms with E-state index in [4.69, 9.17) is 0 Å². The lowest BCUT2D eigenvalue weighted by Crippen LogP contribution is -2.26. The van der Waals surface area contributed by atoms with Crippen LogP contribution >= 0.6 is 0 Å². The van der Waals surface area contributed by atoms with Crippen molar-refractivity contribution in [2.24, 2.45) is 0 Å². The molecule has 2 aromatic carbocycles. The highest BCUT2D eigenvalue weighted by Crippen LogP contribution is 2.28. The van der Waals surface area contributed by atoms with Crippen LogP contribution in [0.25, 0.3) is 10.9 Å². The fraction of sp³-hybridized carbons (Fsp3) is 0.286. The topological polar surface area (TPSA) is 85.3 Å². The Morgan fingerprint density at radius 2 is 1.81 bits per heavy atom. The molecule has 1 aromatic heterocycles. The molecule has 3 aromatic rings. The third-order valence-corrected chi connectivity index (χ3v) is 4.59. The zero-order valence-corrected chi connectivity index (χ0v) is 14.6. The lowest BCUT2D eigenvalue weighted by Gasteiger charge is -2.19. The molecular weight excluding hydrogens is 328 g/mol. The minimum atomic E-state index is -0.264. The van der Waals surface area contributed by atoms with Gasteiger partial charge < -0.3 is 20.5 Å². The molecule has 0 saturated carbocycles. The molecule has 0 aliphatic rings. The minimum absolute atomic E-state index is 0.0287. The van der Waals surface area contributed by atoms with Crippen molar-refractivity contribution in [2.75, 3.05) is 13.2 Å². The van der Waals surface area contributed by atoms with Gasteiger partial charge in [0.25, 0.3) is 0 Å². The Morgan fingerprint density at radius 1 is 1.00 bits per heavy atom. The maximum absolute atomic E-state index is 11.5. The van der Waals surface area contributed by atoms with Crippen LogP contribution in [0, 0.1) is 0 Å². The van der Waals surface area contributed by atoms with E-state index >= 15 is 0 Å². The maximum atomic E-state index is 11.5. The van der Waals surface area contributed by atoms with Crippen LogP contribution in [0.1, 0.15) is 30.0 Å². The quantitative estimate of drug-likeness (QED) is 0.470. The summed E-state index contributed by atoms with van der Waals surface area (Å²) in [5.41, 5.74) is 2.33. The van der Waals surface area contributed by atoms with Crippen molar-refractivity contribution < 1.29 is 10.2 Å². The molecule has 26 heavy (non-hydrogen) atoms. The number of fused-ring (bicyclic) bond motifs is 1. The summed E-state index contributed by atoms with van der Waals surface area (Å²) >= 11 is 0. The Bertz CT molecular complexity index is 906. The van der Waals surface area contributed by atoms with Crippen molar-refractivity contribution in [3.05, 3.63) is 76.1 Å². The fourth-order valence-corrected chi connectivity index (χ4v) is 3.21. The monoisotopic (exact) mass is 352 g/mol. The number of rotatable bonds is 8. The largest absolute Gasteiger partial charge is 0.506 e. The summed E-state index contributed by atoms with van der Waals surface area (Å²) in [6.07, 6.45) is 3.10. The van der Waals surface area contributed by atoms with Crippen LogP contribution in [0.4, 0.5) is 0 Å². The van der Waals surface area contributed by atoms with E-state index in [1.807, 2.05) is 6.07 Å². The minimum Gasteiger partial charge on any atom is -0.506 e. The maximum Gasteiger partial charge on any atom is 0.248 e. The van der Waals surface area contributed by atoms with Crippen LogP contribution < -0.4 is 10.9 Å². The van der Waals surface area contributed by atoms with Crippen molar-refractivity contribution in [2.45, 2.75) is 25.3 Å². The Hall–Kier alpha value is -2.63. The number of benzene rings is 2. The SMILES string of the molecule is O=c1ccc2c(C(CO)NCCCCc3ccccc3)ccc(O)c2[nH]1. The smallest absolute Gasteiger partial charge is 0.248 e. The first-order valence-corrected chi connectivity index (χ1v) is 8.92. The molecule has 0 aliphatic carbocycles. The Labute approximate surface area is 152 Å². The highest BCUT2D eigenvalue weighted by Gasteiger charge is 2.15. The number of hydrogen-bond acceptors (Lipinski definition) is 4. The third kappa shape index (κ3) is 4.31. The molecule has 0 bridgehead atoms. The van der Waals surface area contributed by atoms with Gasteiger partial charge in [-0.25, -0.2) is 0 Å². The van der Waals surface area contributed by atoms with E-state index in [0.29, 0.717) is 5.52 Å². The Kier molecular flexibility index (Phi) is 6.04. The number of nitrogens with one attached hydrogen (secondary N) is 2. The summed E-state index contributed by atoms with van der Waals surface area (Å²) in [6, 6.07) is 16.6. The zero-order chi connectivity index (χ0) is 18.4. The molecule has 3 rings (SSSR count). The number of pyridine rings is 1. The molecule has 0 aliphatic heterocycles. The van der Waals surface area contributed by atoms with E-state index in [9.17, 15) is 15.0 Å². The number of hydrogen-bond donors (Lipinski definition) is 4. The summed E-state index contributed by atoms with van der Waals surface area (Å²) in [5, 5.41) is 23.9. The number of aryl methyl sites for hydroxylation is 1. The summed E-state index contributed by atoms with van der Waals surface area (Å²) < 4.78 is 0. The van der Waals surface area contributed by atoms with E-state index in [1.54, 1.807) is 18.2 Å². The molecule has 136 valence electrons. The molecule has 0 saturated heterocycles. The van der Waals surface area contributed by atoms with Gasteiger partial charge in [0.1, 0.15) is 5.75 Å². The molecule has 1 unspecified atom stereocenters. The summed E-state index contributed by atoms with van der Waals surface area (Å²) in [7, 11) is 0. The number of aliphatic hydroxyl groups excluding tert-OH is 1. The van der Waals surface area contributed by atoms with Gasteiger partial charge in [-0.1, -0.05) is 36.4 Å². The van der Waals surface area contributed by atoms with Gasteiger partial charge in [-0.15, -0.1) is 0 Å². The predicted octanol–water partition coefficient (Wildman–Crippen LogP) is 2.88. The Morgan fingerprint density at radius 3 is 2.58 bits per heavy atom. The van der Waals surface area contributed by atoms with Gasteiger partial charge in [0.05, 0.1) is 18.2 Å². The number of aliphatic hydroxyl groups is 1. The van der Waals surface area contributed by atoms with Gasteiger partial charge in [-0.3, -0.25) is 4.79 Å². The second-order valence-corrected chi connectivity index (χ2v) is 6.42. The highest BCUT2D eigenvalue weighted by atomic mass is 16.3. The van der Waals surface area contributed by atoms with E-state index < -0.39 is 0 Å². The van der Waals surface area contributed by atoms with Gasteiger partial charge in [-0.05, 0) is 49.1 Å². The van der Waals surface area contributed by atoms with Crippen LogP contribution in [0.15, 0.2) is 59.4 Å². The van der Waals surface area contributed by atoms with Crippen LogP contribution in [-0.4, -0.2) is 28.3 Å². The summed E-state index contributed by atoms with van der Waals surface area (Å²) in [5.74, 6) is 0.0287. The van der Waals surface area contributed by atoms with E-state index in [2.05, 4.69) is 34.6 Å². The summed E-state index contributed by atoms with van der Waals surface area (Å²) in [6.45, 7) is 0.724. The second-order valence-electron chi connectivity index (χ2n) is 6.42. The van der Waals surface area contributed by atoms with Crippen molar-refractivity contribution in [1.82, 2.24) is 10.3 Å². The molecule has 5 nitrogen and oxygen atoms in total. The van der Waals surface area contributed by atoms with Gasteiger partial charge in [-0.2, -0.15) is 0 Å². The average Bonchev–Trinajstić information content (AvgIpc) is 2.67. The number of unbranched alkanes of at least 4 members (excludes halogenated alkanes) is 1. The lowest BCUT2D eigenvalue weighted by molar-refractivity contribution is 0.245. The molecule has 1 heterocycles.